The first-order chi connectivity index (χ1) is 12.0. The third-order valence-corrected chi connectivity index (χ3v) is 4.35. The monoisotopic (exact) mass is 353 g/mol. The van der Waals surface area contributed by atoms with Gasteiger partial charge in [0.05, 0.1) is 17.0 Å². The SMILES string of the molecule is C#CCN1C(=O)SC(=Cc2ccc(-c3ccc(C(=O)O)cc3)o2)C1=O. The van der Waals surface area contributed by atoms with Gasteiger partial charge in [-0.3, -0.25) is 14.5 Å². The number of terminal acetylenes is 1. The van der Waals surface area contributed by atoms with Crippen molar-refractivity contribution < 1.29 is 23.9 Å². The van der Waals surface area contributed by atoms with Crippen molar-refractivity contribution in [3.63, 3.8) is 0 Å². The quantitative estimate of drug-likeness (QED) is 0.670. The van der Waals surface area contributed by atoms with E-state index in [9.17, 15) is 14.4 Å². The lowest BCUT2D eigenvalue weighted by molar-refractivity contribution is -0.122. The van der Waals surface area contributed by atoms with Crippen molar-refractivity contribution in [2.75, 3.05) is 6.54 Å². The Morgan fingerprint density at radius 2 is 1.96 bits per heavy atom. The fraction of sp³-hybridized carbons (Fsp3) is 0.0556. The van der Waals surface area contributed by atoms with E-state index >= 15 is 0 Å². The molecule has 1 N–H and O–H groups in total. The maximum Gasteiger partial charge on any atom is 0.335 e. The molecule has 3 rings (SSSR count). The molecule has 1 aliphatic rings. The Morgan fingerprint density at radius 3 is 2.60 bits per heavy atom. The average molecular weight is 353 g/mol. The van der Waals surface area contributed by atoms with E-state index in [0.29, 0.717) is 17.1 Å². The van der Waals surface area contributed by atoms with Crippen LogP contribution in [0.25, 0.3) is 17.4 Å². The summed E-state index contributed by atoms with van der Waals surface area (Å²) in [5.41, 5.74) is 0.878. The van der Waals surface area contributed by atoms with Crippen LogP contribution in [0.3, 0.4) is 0 Å². The van der Waals surface area contributed by atoms with Gasteiger partial charge in [0.1, 0.15) is 11.5 Å². The van der Waals surface area contributed by atoms with Crippen molar-refractivity contribution in [1.82, 2.24) is 4.90 Å². The molecule has 1 fully saturated rings. The minimum absolute atomic E-state index is 0.0681. The van der Waals surface area contributed by atoms with E-state index in [0.717, 1.165) is 16.7 Å². The fourth-order valence-corrected chi connectivity index (χ4v) is 3.04. The lowest BCUT2D eigenvalue weighted by Gasteiger charge is -2.06. The van der Waals surface area contributed by atoms with Gasteiger partial charge in [-0.25, -0.2) is 4.79 Å². The largest absolute Gasteiger partial charge is 0.478 e. The molecule has 2 aromatic rings. The zero-order chi connectivity index (χ0) is 18.0. The molecule has 1 saturated heterocycles. The van der Waals surface area contributed by atoms with Gasteiger partial charge in [-0.2, -0.15) is 0 Å². The molecular weight excluding hydrogens is 342 g/mol. The molecule has 0 unspecified atom stereocenters. The first-order valence-electron chi connectivity index (χ1n) is 7.12. The molecule has 0 saturated carbocycles. The smallest absolute Gasteiger partial charge is 0.335 e. The predicted octanol–water partition coefficient (Wildman–Crippen LogP) is 3.31. The lowest BCUT2D eigenvalue weighted by Crippen LogP contribution is -2.28. The van der Waals surface area contributed by atoms with Gasteiger partial charge in [-0.1, -0.05) is 18.1 Å². The van der Waals surface area contributed by atoms with Crippen molar-refractivity contribution in [2.45, 2.75) is 0 Å². The molecule has 0 radical (unpaired) electrons. The van der Waals surface area contributed by atoms with E-state index in [1.165, 1.54) is 18.2 Å². The van der Waals surface area contributed by atoms with Crippen LogP contribution in [0, 0.1) is 12.3 Å². The summed E-state index contributed by atoms with van der Waals surface area (Å²) in [5.74, 6) is 1.74. The molecular formula is C18H11NO5S. The summed E-state index contributed by atoms with van der Waals surface area (Å²) in [6.45, 7) is -0.0681. The first kappa shape index (κ1) is 16.6. The van der Waals surface area contributed by atoms with Crippen LogP contribution in [0.5, 0.6) is 0 Å². The summed E-state index contributed by atoms with van der Waals surface area (Å²) < 4.78 is 5.65. The second-order valence-electron chi connectivity index (χ2n) is 5.06. The molecule has 1 aromatic carbocycles. The average Bonchev–Trinajstić information content (AvgIpc) is 3.16. The highest BCUT2D eigenvalue weighted by atomic mass is 32.2. The zero-order valence-electron chi connectivity index (χ0n) is 12.8. The van der Waals surface area contributed by atoms with Crippen LogP contribution in [-0.2, 0) is 4.79 Å². The Bertz CT molecular complexity index is 933. The summed E-state index contributed by atoms with van der Waals surface area (Å²) in [4.78, 5) is 36.0. The highest BCUT2D eigenvalue weighted by Crippen LogP contribution is 2.33. The number of imide groups is 1. The van der Waals surface area contributed by atoms with Crippen molar-refractivity contribution in [3.05, 3.63) is 52.6 Å². The summed E-state index contributed by atoms with van der Waals surface area (Å²) in [6, 6.07) is 9.58. The van der Waals surface area contributed by atoms with Crippen LogP contribution < -0.4 is 0 Å². The number of rotatable bonds is 4. The number of carbonyl (C=O) groups is 3. The molecule has 0 aliphatic carbocycles. The van der Waals surface area contributed by atoms with Gasteiger partial charge in [0, 0.05) is 11.6 Å². The third kappa shape index (κ3) is 3.34. The van der Waals surface area contributed by atoms with Crippen LogP contribution in [0.1, 0.15) is 16.1 Å². The van der Waals surface area contributed by atoms with Crippen molar-refractivity contribution in [1.29, 1.82) is 0 Å². The Balaban J connectivity index is 1.82. The number of carbonyl (C=O) groups excluding carboxylic acids is 2. The second kappa shape index (κ2) is 6.71. The number of carboxylic acids is 1. The number of carboxylic acid groups (broad SMARTS) is 1. The first-order valence-corrected chi connectivity index (χ1v) is 7.93. The molecule has 124 valence electrons. The minimum Gasteiger partial charge on any atom is -0.478 e. The van der Waals surface area contributed by atoms with Gasteiger partial charge >= 0.3 is 5.97 Å². The summed E-state index contributed by atoms with van der Waals surface area (Å²) in [7, 11) is 0. The molecule has 1 aliphatic heterocycles. The van der Waals surface area contributed by atoms with Crippen LogP contribution in [0.4, 0.5) is 4.79 Å². The van der Waals surface area contributed by atoms with Gasteiger partial charge in [-0.05, 0) is 36.0 Å². The number of benzene rings is 1. The number of amides is 2. The second-order valence-corrected chi connectivity index (χ2v) is 6.05. The number of aromatic carboxylic acids is 1. The van der Waals surface area contributed by atoms with Crippen molar-refractivity contribution >= 4 is 35.0 Å². The molecule has 2 amide bonds. The van der Waals surface area contributed by atoms with Crippen molar-refractivity contribution in [3.8, 4) is 23.7 Å². The van der Waals surface area contributed by atoms with E-state index in [2.05, 4.69) is 5.92 Å². The number of hydrogen-bond donors (Lipinski definition) is 1. The Labute approximate surface area is 147 Å². The maximum atomic E-state index is 12.1. The fourth-order valence-electron chi connectivity index (χ4n) is 2.22. The van der Waals surface area contributed by atoms with E-state index in [-0.39, 0.29) is 17.0 Å². The molecule has 25 heavy (non-hydrogen) atoms. The maximum absolute atomic E-state index is 12.1. The van der Waals surface area contributed by atoms with Crippen LogP contribution in [0.2, 0.25) is 0 Å². The lowest BCUT2D eigenvalue weighted by atomic mass is 10.1. The molecule has 7 heteroatoms. The predicted molar refractivity (Wildman–Crippen MR) is 92.6 cm³/mol. The number of hydrogen-bond acceptors (Lipinski definition) is 5. The molecule has 0 spiro atoms. The Hall–Kier alpha value is -3.24. The molecule has 6 nitrogen and oxygen atoms in total. The Kier molecular flexibility index (Phi) is 4.46. The summed E-state index contributed by atoms with van der Waals surface area (Å²) in [6.07, 6.45) is 6.63. The highest BCUT2D eigenvalue weighted by molar-refractivity contribution is 8.18. The van der Waals surface area contributed by atoms with E-state index < -0.39 is 17.1 Å². The van der Waals surface area contributed by atoms with E-state index in [1.807, 2.05) is 0 Å². The van der Waals surface area contributed by atoms with Gasteiger partial charge in [0.25, 0.3) is 11.1 Å². The normalized spacial score (nSPS) is 15.6. The molecule has 0 atom stereocenters. The molecule has 1 aromatic heterocycles. The Morgan fingerprint density at radius 1 is 1.24 bits per heavy atom. The minimum atomic E-state index is -1.01. The summed E-state index contributed by atoms with van der Waals surface area (Å²) >= 11 is 0.805. The van der Waals surface area contributed by atoms with Crippen LogP contribution >= 0.6 is 11.8 Å². The topological polar surface area (TPSA) is 87.8 Å². The standard InChI is InChI=1S/C18H11NO5S/c1-2-9-19-16(20)15(25-18(19)23)10-13-7-8-14(24-13)11-3-5-12(6-4-11)17(21)22/h1,3-8,10H,9H2,(H,21,22). The van der Waals surface area contributed by atoms with Gasteiger partial charge in [0.15, 0.2) is 0 Å². The molecule has 2 heterocycles. The third-order valence-electron chi connectivity index (χ3n) is 3.44. The molecule has 0 bridgehead atoms. The number of nitrogens with zero attached hydrogens (tertiary/aromatic N) is 1. The highest BCUT2D eigenvalue weighted by Gasteiger charge is 2.34. The van der Waals surface area contributed by atoms with Crippen LogP contribution in [0.15, 0.2) is 45.7 Å². The van der Waals surface area contributed by atoms with Gasteiger partial charge in [0.2, 0.25) is 0 Å². The van der Waals surface area contributed by atoms with Gasteiger partial charge < -0.3 is 9.52 Å². The number of furan rings is 1. The zero-order valence-corrected chi connectivity index (χ0v) is 13.6. The van der Waals surface area contributed by atoms with E-state index in [1.54, 1.807) is 24.3 Å². The summed E-state index contributed by atoms with van der Waals surface area (Å²) in [5, 5.41) is 8.49. The number of thioether (sulfide) groups is 1. The van der Waals surface area contributed by atoms with Gasteiger partial charge in [-0.15, -0.1) is 6.42 Å². The van der Waals surface area contributed by atoms with Crippen LogP contribution in [-0.4, -0.2) is 33.7 Å². The van der Waals surface area contributed by atoms with E-state index in [4.69, 9.17) is 15.9 Å². The van der Waals surface area contributed by atoms with Crippen molar-refractivity contribution in [2.24, 2.45) is 0 Å².